The Morgan fingerprint density at radius 1 is 1.00 bits per heavy atom. The quantitative estimate of drug-likeness (QED) is 0.173. The summed E-state index contributed by atoms with van der Waals surface area (Å²) in [7, 11) is 0. The van der Waals surface area contributed by atoms with Crippen LogP contribution >= 0.6 is 12.2 Å². The van der Waals surface area contributed by atoms with Crippen LogP contribution in [0.2, 0.25) is 0 Å². The van der Waals surface area contributed by atoms with Crippen molar-refractivity contribution in [1.29, 1.82) is 0 Å². The minimum Gasteiger partial charge on any atom is -0.479 e. The van der Waals surface area contributed by atoms with Crippen LogP contribution in [0.3, 0.4) is 0 Å². The Balaban J connectivity index is 1.30. The molecule has 3 aromatic rings. The summed E-state index contributed by atoms with van der Waals surface area (Å²) in [6.45, 7) is 2.26. The number of fused-ring (bicyclic) bond motifs is 1. The molecule has 1 aliphatic rings. The summed E-state index contributed by atoms with van der Waals surface area (Å²) in [6, 6.07) is 20.7. The number of Topliss-reactive ketones (excluding diaryl/α,β-unsaturated/α-hetero) is 1. The topological polar surface area (TPSA) is 137 Å². The normalized spacial score (nSPS) is 12.7. The van der Waals surface area contributed by atoms with Gasteiger partial charge in [-0.3, -0.25) is 9.59 Å². The zero-order valence-electron chi connectivity index (χ0n) is 23.0. The number of nitrogens with two attached hydrogens (primary N) is 1. The van der Waals surface area contributed by atoms with Crippen molar-refractivity contribution in [2.75, 3.05) is 19.7 Å². The number of alkyl carbamates (subject to hydrolysis) is 1. The maximum absolute atomic E-state index is 12.9. The van der Waals surface area contributed by atoms with Gasteiger partial charge in [0, 0.05) is 36.2 Å². The second-order valence-corrected chi connectivity index (χ2v) is 9.92. The lowest BCUT2D eigenvalue weighted by molar-refractivity contribution is -0.151. The van der Waals surface area contributed by atoms with Crippen LogP contribution < -0.4 is 15.8 Å². The molecule has 218 valence electrons. The predicted octanol–water partition coefficient (Wildman–Crippen LogP) is 3.79. The van der Waals surface area contributed by atoms with E-state index in [0.29, 0.717) is 22.4 Å². The number of benzene rings is 3. The minimum atomic E-state index is -0.993. The minimum absolute atomic E-state index is 0.104. The average Bonchev–Trinajstić information content (AvgIpc) is 3.30. The highest BCUT2D eigenvalue weighted by molar-refractivity contribution is 7.80. The fourth-order valence-electron chi connectivity index (χ4n) is 4.35. The number of rotatable bonds is 13. The first kappa shape index (κ1) is 30.2. The van der Waals surface area contributed by atoms with Crippen molar-refractivity contribution in [3.8, 4) is 5.75 Å². The average molecular weight is 590 g/mol. The Bertz CT molecular complexity index is 1460. The second-order valence-electron chi connectivity index (χ2n) is 9.48. The third kappa shape index (κ3) is 7.91. The van der Waals surface area contributed by atoms with E-state index in [1.54, 1.807) is 49.4 Å². The van der Waals surface area contributed by atoms with E-state index in [1.807, 2.05) is 30.3 Å². The van der Waals surface area contributed by atoms with Gasteiger partial charge in [0.05, 0.1) is 13.2 Å². The molecule has 10 nitrogen and oxygen atoms in total. The molecular weight excluding hydrogens is 558 g/mol. The Hall–Kier alpha value is -4.77. The van der Waals surface area contributed by atoms with Crippen LogP contribution in [0, 0.1) is 0 Å². The van der Waals surface area contributed by atoms with Crippen molar-refractivity contribution < 1.29 is 33.4 Å². The lowest BCUT2D eigenvalue weighted by Crippen LogP contribution is -2.35. The van der Waals surface area contributed by atoms with Crippen molar-refractivity contribution in [3.63, 3.8) is 0 Å². The lowest BCUT2D eigenvalue weighted by Gasteiger charge is -2.18. The third-order valence-corrected chi connectivity index (χ3v) is 6.73. The number of ketones is 1. The lowest BCUT2D eigenvalue weighted by atomic mass is 10.1. The largest absolute Gasteiger partial charge is 0.479 e. The SMILES string of the molecule is CCOC(=O)C(CCNC(=O)OCc1ccccc1)Oc1ccc(C(=O)CN2Cc3cc(C(N)=S)ccc3C2=O)cc1. The molecule has 42 heavy (non-hydrogen) atoms. The Kier molecular flexibility index (Phi) is 10.2. The highest BCUT2D eigenvalue weighted by atomic mass is 32.1. The van der Waals surface area contributed by atoms with Crippen LogP contribution in [0.4, 0.5) is 4.79 Å². The van der Waals surface area contributed by atoms with E-state index in [1.165, 1.54) is 4.90 Å². The molecule has 0 bridgehead atoms. The van der Waals surface area contributed by atoms with Gasteiger partial charge in [-0.25, -0.2) is 9.59 Å². The molecule has 2 amide bonds. The molecule has 0 saturated heterocycles. The first-order valence-corrected chi connectivity index (χ1v) is 13.8. The van der Waals surface area contributed by atoms with E-state index in [0.717, 1.165) is 11.1 Å². The van der Waals surface area contributed by atoms with Crippen molar-refractivity contribution in [1.82, 2.24) is 10.2 Å². The molecule has 0 saturated carbocycles. The molecule has 11 heteroatoms. The summed E-state index contributed by atoms with van der Waals surface area (Å²) in [5.41, 5.74) is 8.89. The molecule has 1 atom stereocenters. The van der Waals surface area contributed by atoms with Crippen molar-refractivity contribution in [2.24, 2.45) is 5.73 Å². The number of carbonyl (C=O) groups excluding carboxylic acids is 4. The van der Waals surface area contributed by atoms with Crippen LogP contribution in [0.15, 0.2) is 72.8 Å². The molecule has 1 unspecified atom stereocenters. The molecule has 1 heterocycles. The third-order valence-electron chi connectivity index (χ3n) is 6.50. The Morgan fingerprint density at radius 3 is 2.40 bits per heavy atom. The molecule has 0 aromatic heterocycles. The summed E-state index contributed by atoms with van der Waals surface area (Å²) in [5, 5.41) is 2.60. The standard InChI is InChI=1S/C31H31N3O7S/c1-2-39-30(37)27(14-15-33-31(38)40-19-20-6-4-3-5-7-20)41-24-11-8-21(9-12-24)26(35)18-34-17-23-16-22(28(32)42)10-13-25(23)29(34)36/h3-13,16,27H,2,14-15,17-19H2,1H3,(H2,32,42)(H,33,38). The molecule has 4 rings (SSSR count). The molecule has 3 aromatic carbocycles. The van der Waals surface area contributed by atoms with E-state index in [4.69, 9.17) is 32.2 Å². The number of hydrogen-bond acceptors (Lipinski definition) is 8. The fraction of sp³-hybridized carbons (Fsp3) is 0.258. The van der Waals surface area contributed by atoms with Gasteiger partial charge < -0.3 is 30.2 Å². The Labute approximate surface area is 248 Å². The number of ether oxygens (including phenoxy) is 3. The van der Waals surface area contributed by atoms with Crippen LogP contribution in [-0.4, -0.2) is 59.4 Å². The van der Waals surface area contributed by atoms with Crippen LogP contribution in [0.1, 0.15) is 50.8 Å². The molecular formula is C31H31N3O7S. The number of hydrogen-bond donors (Lipinski definition) is 2. The monoisotopic (exact) mass is 589 g/mol. The van der Waals surface area contributed by atoms with Gasteiger partial charge in [0.15, 0.2) is 11.9 Å². The number of esters is 1. The smallest absolute Gasteiger partial charge is 0.407 e. The molecule has 0 aliphatic carbocycles. The fourth-order valence-corrected chi connectivity index (χ4v) is 4.48. The molecule has 0 spiro atoms. The summed E-state index contributed by atoms with van der Waals surface area (Å²) in [5.74, 6) is -0.728. The first-order valence-electron chi connectivity index (χ1n) is 13.4. The van der Waals surface area contributed by atoms with Gasteiger partial charge in [0.2, 0.25) is 0 Å². The van der Waals surface area contributed by atoms with Crippen LogP contribution in [0.5, 0.6) is 5.75 Å². The van der Waals surface area contributed by atoms with Gasteiger partial charge >= 0.3 is 12.1 Å². The van der Waals surface area contributed by atoms with Gasteiger partial charge in [-0.05, 0) is 54.4 Å². The summed E-state index contributed by atoms with van der Waals surface area (Å²) in [6.07, 6.45) is -1.48. The van der Waals surface area contributed by atoms with Gasteiger partial charge in [-0.1, -0.05) is 48.6 Å². The number of thiocarbonyl (C=S) groups is 1. The highest BCUT2D eigenvalue weighted by Gasteiger charge is 2.29. The number of nitrogens with zero attached hydrogens (tertiary/aromatic N) is 1. The van der Waals surface area contributed by atoms with E-state index in [9.17, 15) is 19.2 Å². The van der Waals surface area contributed by atoms with E-state index in [-0.39, 0.29) is 55.9 Å². The van der Waals surface area contributed by atoms with Gasteiger partial charge in [-0.15, -0.1) is 0 Å². The molecule has 3 N–H and O–H groups in total. The first-order chi connectivity index (χ1) is 20.2. The van der Waals surface area contributed by atoms with E-state index in [2.05, 4.69) is 5.32 Å². The van der Waals surface area contributed by atoms with Crippen molar-refractivity contribution >= 4 is 41.0 Å². The summed E-state index contributed by atoms with van der Waals surface area (Å²) >= 11 is 5.01. The highest BCUT2D eigenvalue weighted by Crippen LogP contribution is 2.25. The van der Waals surface area contributed by atoms with Crippen LogP contribution in [-0.2, 0) is 27.4 Å². The predicted molar refractivity (Wildman–Crippen MR) is 158 cm³/mol. The number of nitrogens with one attached hydrogen (secondary N) is 1. The molecule has 1 aliphatic heterocycles. The zero-order chi connectivity index (χ0) is 30.1. The van der Waals surface area contributed by atoms with Gasteiger partial charge in [-0.2, -0.15) is 0 Å². The number of amides is 2. The maximum Gasteiger partial charge on any atom is 0.407 e. The zero-order valence-corrected chi connectivity index (χ0v) is 23.9. The second kappa shape index (κ2) is 14.2. The summed E-state index contributed by atoms with van der Waals surface area (Å²) in [4.78, 5) is 52.0. The van der Waals surface area contributed by atoms with Gasteiger partial charge in [0.1, 0.15) is 17.3 Å². The Morgan fingerprint density at radius 2 is 1.71 bits per heavy atom. The van der Waals surface area contributed by atoms with E-state index < -0.39 is 18.2 Å². The van der Waals surface area contributed by atoms with Crippen LogP contribution in [0.25, 0.3) is 0 Å². The molecule has 0 fully saturated rings. The van der Waals surface area contributed by atoms with Gasteiger partial charge in [0.25, 0.3) is 5.91 Å². The van der Waals surface area contributed by atoms with Crippen molar-refractivity contribution in [2.45, 2.75) is 32.6 Å². The maximum atomic E-state index is 12.9. The number of carbonyl (C=O) groups is 4. The van der Waals surface area contributed by atoms with Crippen molar-refractivity contribution in [3.05, 3.63) is 101 Å². The molecule has 0 radical (unpaired) electrons. The van der Waals surface area contributed by atoms with E-state index >= 15 is 0 Å². The summed E-state index contributed by atoms with van der Waals surface area (Å²) < 4.78 is 16.1.